The van der Waals surface area contributed by atoms with Crippen molar-refractivity contribution in [3.05, 3.63) is 52.8 Å². The highest BCUT2D eigenvalue weighted by Gasteiger charge is 2.29. The first-order valence-corrected chi connectivity index (χ1v) is 12.6. The molecule has 2 amide bonds. The third-order valence-corrected chi connectivity index (χ3v) is 7.53. The van der Waals surface area contributed by atoms with E-state index in [1.165, 1.54) is 12.8 Å². The normalized spacial score (nSPS) is 20.3. The molecule has 2 fully saturated rings. The number of amides is 2. The van der Waals surface area contributed by atoms with Gasteiger partial charge in [0.2, 0.25) is 6.79 Å². The molecule has 0 radical (unpaired) electrons. The molecule has 1 aromatic heterocycles. The van der Waals surface area contributed by atoms with E-state index in [0.29, 0.717) is 48.3 Å². The van der Waals surface area contributed by atoms with E-state index in [9.17, 15) is 9.59 Å². The first-order valence-electron chi connectivity index (χ1n) is 12.6. The van der Waals surface area contributed by atoms with Crippen LogP contribution in [0.2, 0.25) is 0 Å². The summed E-state index contributed by atoms with van der Waals surface area (Å²) in [4.78, 5) is 35.2. The fourth-order valence-corrected chi connectivity index (χ4v) is 5.44. The van der Waals surface area contributed by atoms with Gasteiger partial charge in [-0.2, -0.15) is 0 Å². The first-order chi connectivity index (χ1) is 17.0. The number of carbonyl (C=O) groups is 2. The Morgan fingerprint density at radius 3 is 2.63 bits per heavy atom. The average molecular weight is 479 g/mol. The monoisotopic (exact) mass is 478 g/mol. The SMILES string of the molecule is Cc1ccc(C(=O)NCC[C@H]2CCCN2C)c(C2CCN(C(=O)c3ccc4c(c3)OCO4)CC2)n1. The number of fused-ring (bicyclic) bond motifs is 1. The molecule has 186 valence electrons. The van der Waals surface area contributed by atoms with Crippen molar-refractivity contribution < 1.29 is 19.1 Å². The Hall–Kier alpha value is -3.13. The van der Waals surface area contributed by atoms with Crippen LogP contribution in [0.1, 0.15) is 70.1 Å². The number of nitrogens with one attached hydrogen (secondary N) is 1. The van der Waals surface area contributed by atoms with Crippen LogP contribution in [0.3, 0.4) is 0 Å². The molecule has 5 rings (SSSR count). The molecule has 1 aromatic carbocycles. The number of carbonyl (C=O) groups excluding carboxylic acids is 2. The summed E-state index contributed by atoms with van der Waals surface area (Å²) < 4.78 is 10.8. The molecule has 0 saturated carbocycles. The lowest BCUT2D eigenvalue weighted by Gasteiger charge is -2.32. The molecule has 1 N–H and O–H groups in total. The molecule has 0 unspecified atom stereocenters. The minimum Gasteiger partial charge on any atom is -0.454 e. The van der Waals surface area contributed by atoms with Crippen LogP contribution in [0, 0.1) is 6.92 Å². The smallest absolute Gasteiger partial charge is 0.253 e. The lowest BCUT2D eigenvalue weighted by molar-refractivity contribution is 0.0710. The van der Waals surface area contributed by atoms with Gasteiger partial charge in [0.1, 0.15) is 0 Å². The summed E-state index contributed by atoms with van der Waals surface area (Å²) in [5.41, 5.74) is 3.03. The second-order valence-corrected chi connectivity index (χ2v) is 9.84. The minimum absolute atomic E-state index is 0.00574. The average Bonchev–Trinajstić information content (AvgIpc) is 3.51. The van der Waals surface area contributed by atoms with Gasteiger partial charge in [0.15, 0.2) is 11.5 Å². The maximum atomic E-state index is 13.1. The quantitative estimate of drug-likeness (QED) is 0.686. The van der Waals surface area contributed by atoms with Crippen LogP contribution < -0.4 is 14.8 Å². The van der Waals surface area contributed by atoms with E-state index in [-0.39, 0.29) is 24.5 Å². The van der Waals surface area contributed by atoms with Crippen LogP contribution in [0.5, 0.6) is 11.5 Å². The second-order valence-electron chi connectivity index (χ2n) is 9.84. The summed E-state index contributed by atoms with van der Waals surface area (Å²) in [6.07, 6.45) is 4.96. The zero-order valence-electron chi connectivity index (χ0n) is 20.6. The zero-order valence-corrected chi connectivity index (χ0v) is 20.6. The molecule has 35 heavy (non-hydrogen) atoms. The minimum atomic E-state index is -0.0491. The van der Waals surface area contributed by atoms with Crippen molar-refractivity contribution in [3.8, 4) is 11.5 Å². The van der Waals surface area contributed by atoms with Crippen molar-refractivity contribution in [2.24, 2.45) is 0 Å². The van der Waals surface area contributed by atoms with Crippen molar-refractivity contribution in [1.82, 2.24) is 20.1 Å². The zero-order chi connectivity index (χ0) is 24.4. The summed E-state index contributed by atoms with van der Waals surface area (Å²) in [6.45, 7) is 5.21. The van der Waals surface area contributed by atoms with Crippen LogP contribution in [0.4, 0.5) is 0 Å². The Balaban J connectivity index is 1.21. The highest BCUT2D eigenvalue weighted by molar-refractivity contribution is 5.96. The number of piperidine rings is 1. The van der Waals surface area contributed by atoms with Crippen molar-refractivity contribution in [3.63, 3.8) is 0 Å². The predicted molar refractivity (Wildman–Crippen MR) is 132 cm³/mol. The van der Waals surface area contributed by atoms with Gasteiger partial charge in [-0.05, 0) is 83.0 Å². The van der Waals surface area contributed by atoms with E-state index in [4.69, 9.17) is 14.5 Å². The third kappa shape index (κ3) is 5.12. The summed E-state index contributed by atoms with van der Waals surface area (Å²) in [7, 11) is 2.16. The number of hydrogen-bond donors (Lipinski definition) is 1. The van der Waals surface area contributed by atoms with Gasteiger partial charge in [-0.3, -0.25) is 14.6 Å². The molecular weight excluding hydrogens is 444 g/mol. The molecule has 0 aliphatic carbocycles. The second kappa shape index (κ2) is 10.2. The number of likely N-dealkylation sites (tertiary alicyclic amines) is 2. The van der Waals surface area contributed by atoms with Crippen molar-refractivity contribution in [2.75, 3.05) is 40.0 Å². The summed E-state index contributed by atoms with van der Waals surface area (Å²) in [6, 6.07) is 9.69. The maximum Gasteiger partial charge on any atom is 0.253 e. The molecule has 8 nitrogen and oxygen atoms in total. The first kappa shape index (κ1) is 23.6. The molecule has 3 aliphatic rings. The predicted octanol–water partition coefficient (Wildman–Crippen LogP) is 3.35. The summed E-state index contributed by atoms with van der Waals surface area (Å²) >= 11 is 0. The number of nitrogens with zero attached hydrogens (tertiary/aromatic N) is 3. The summed E-state index contributed by atoms with van der Waals surface area (Å²) in [5.74, 6) is 1.38. The fourth-order valence-electron chi connectivity index (χ4n) is 5.44. The van der Waals surface area contributed by atoms with Gasteiger partial charge >= 0.3 is 0 Å². The van der Waals surface area contributed by atoms with E-state index in [1.807, 2.05) is 24.0 Å². The Kier molecular flexibility index (Phi) is 6.90. The Labute approximate surface area is 206 Å². The Bertz CT molecular complexity index is 1100. The van der Waals surface area contributed by atoms with Gasteiger partial charge in [-0.25, -0.2) is 0 Å². The van der Waals surface area contributed by atoms with Crippen molar-refractivity contribution in [2.45, 2.75) is 51.0 Å². The molecular formula is C27H34N4O4. The maximum absolute atomic E-state index is 13.1. The van der Waals surface area contributed by atoms with Crippen molar-refractivity contribution in [1.29, 1.82) is 0 Å². The van der Waals surface area contributed by atoms with Gasteiger partial charge in [-0.1, -0.05) is 0 Å². The van der Waals surface area contributed by atoms with E-state index in [0.717, 1.165) is 37.2 Å². The van der Waals surface area contributed by atoms with E-state index in [2.05, 4.69) is 17.3 Å². The van der Waals surface area contributed by atoms with Crippen LogP contribution in [-0.2, 0) is 0 Å². The van der Waals surface area contributed by atoms with Crippen LogP contribution in [0.25, 0.3) is 0 Å². The van der Waals surface area contributed by atoms with Gasteiger partial charge in [-0.15, -0.1) is 0 Å². The standard InChI is InChI=1S/C27H34N4O4/c1-18-5-7-22(26(32)28-12-9-21-4-3-13-30(21)2)25(29-18)19-10-14-31(15-11-19)27(33)20-6-8-23-24(16-20)35-17-34-23/h5-8,16,19,21H,3-4,9-15,17H2,1-2H3,(H,28,32)/t21-/m1/s1. The number of aromatic nitrogens is 1. The molecule has 3 aliphatic heterocycles. The number of benzene rings is 1. The van der Waals surface area contributed by atoms with Crippen LogP contribution >= 0.6 is 0 Å². The molecule has 0 bridgehead atoms. The number of pyridine rings is 1. The van der Waals surface area contributed by atoms with Gasteiger partial charge in [0.05, 0.1) is 11.3 Å². The lowest BCUT2D eigenvalue weighted by atomic mass is 9.89. The number of hydrogen-bond acceptors (Lipinski definition) is 6. The molecule has 1 atom stereocenters. The highest BCUT2D eigenvalue weighted by Crippen LogP contribution is 2.34. The molecule has 0 spiro atoms. The number of ether oxygens (including phenoxy) is 2. The van der Waals surface area contributed by atoms with Gasteiger partial charge in [0.25, 0.3) is 11.8 Å². The Morgan fingerprint density at radius 2 is 1.86 bits per heavy atom. The van der Waals surface area contributed by atoms with E-state index in [1.54, 1.807) is 18.2 Å². The molecule has 4 heterocycles. The number of rotatable bonds is 6. The summed E-state index contributed by atoms with van der Waals surface area (Å²) in [5, 5.41) is 3.12. The van der Waals surface area contributed by atoms with E-state index >= 15 is 0 Å². The molecule has 2 aromatic rings. The van der Waals surface area contributed by atoms with Crippen molar-refractivity contribution >= 4 is 11.8 Å². The molecule has 2 saturated heterocycles. The Morgan fingerprint density at radius 1 is 1.06 bits per heavy atom. The van der Waals surface area contributed by atoms with E-state index < -0.39 is 0 Å². The molecule has 8 heteroatoms. The van der Waals surface area contributed by atoms with Gasteiger partial charge < -0.3 is 24.6 Å². The van der Waals surface area contributed by atoms with Crippen LogP contribution in [-0.4, -0.2) is 72.7 Å². The third-order valence-electron chi connectivity index (χ3n) is 7.53. The lowest BCUT2D eigenvalue weighted by Crippen LogP contribution is -2.38. The largest absolute Gasteiger partial charge is 0.454 e. The topological polar surface area (TPSA) is 84.0 Å². The highest BCUT2D eigenvalue weighted by atomic mass is 16.7. The van der Waals surface area contributed by atoms with Gasteiger partial charge in [0, 0.05) is 42.9 Å². The fraction of sp³-hybridized carbons (Fsp3) is 0.519. The number of aryl methyl sites for hydroxylation is 1. The van der Waals surface area contributed by atoms with Crippen LogP contribution in [0.15, 0.2) is 30.3 Å².